The highest BCUT2D eigenvalue weighted by molar-refractivity contribution is 5.28. The van der Waals surface area contributed by atoms with Gasteiger partial charge in [0.1, 0.15) is 0 Å². The molecular weight excluding hydrogens is 218 g/mol. The first-order valence-corrected chi connectivity index (χ1v) is 6.51. The molecule has 0 radical (unpaired) electrons. The van der Waals surface area contributed by atoms with Crippen LogP contribution in [0, 0.1) is 13.8 Å². The zero-order valence-electron chi connectivity index (χ0n) is 11.4. The lowest BCUT2D eigenvalue weighted by Crippen LogP contribution is -2.18. The summed E-state index contributed by atoms with van der Waals surface area (Å²) < 4.78 is 0. The van der Waals surface area contributed by atoms with Gasteiger partial charge in [-0.3, -0.25) is 0 Å². The summed E-state index contributed by atoms with van der Waals surface area (Å²) in [7, 11) is 0. The van der Waals surface area contributed by atoms with Gasteiger partial charge in [-0.05, 0) is 37.5 Å². The summed E-state index contributed by atoms with van der Waals surface area (Å²) in [5, 5.41) is 3.58. The third-order valence-corrected chi connectivity index (χ3v) is 3.39. The van der Waals surface area contributed by atoms with Crippen molar-refractivity contribution in [2.45, 2.75) is 33.4 Å². The molecule has 0 aromatic heterocycles. The van der Waals surface area contributed by atoms with Crippen molar-refractivity contribution >= 4 is 0 Å². The maximum absolute atomic E-state index is 3.58. The van der Waals surface area contributed by atoms with Gasteiger partial charge in [0.2, 0.25) is 0 Å². The van der Waals surface area contributed by atoms with Crippen molar-refractivity contribution in [1.29, 1.82) is 0 Å². The molecule has 0 saturated heterocycles. The van der Waals surface area contributed by atoms with Crippen molar-refractivity contribution in [3.8, 4) is 0 Å². The lowest BCUT2D eigenvalue weighted by Gasteiger charge is -2.16. The van der Waals surface area contributed by atoms with Crippen molar-refractivity contribution < 1.29 is 0 Å². The third kappa shape index (κ3) is 3.21. The van der Waals surface area contributed by atoms with Crippen molar-refractivity contribution in [2.24, 2.45) is 0 Å². The van der Waals surface area contributed by atoms with Crippen LogP contribution in [0.5, 0.6) is 0 Å². The Morgan fingerprint density at radius 1 is 0.944 bits per heavy atom. The van der Waals surface area contributed by atoms with Crippen LogP contribution < -0.4 is 5.32 Å². The molecule has 0 aliphatic rings. The van der Waals surface area contributed by atoms with Crippen LogP contribution in [0.15, 0.2) is 48.5 Å². The van der Waals surface area contributed by atoms with Crippen LogP contribution in [0.25, 0.3) is 0 Å². The number of aryl methyl sites for hydroxylation is 2. The zero-order valence-corrected chi connectivity index (χ0v) is 11.4. The van der Waals surface area contributed by atoms with Crippen molar-refractivity contribution in [3.63, 3.8) is 0 Å². The van der Waals surface area contributed by atoms with E-state index in [1.165, 1.54) is 22.3 Å². The second kappa shape index (κ2) is 5.83. The van der Waals surface area contributed by atoms with E-state index in [9.17, 15) is 0 Å². The molecule has 0 saturated carbocycles. The number of benzene rings is 2. The van der Waals surface area contributed by atoms with Crippen molar-refractivity contribution in [3.05, 3.63) is 70.8 Å². The Balaban J connectivity index is 1.98. The van der Waals surface area contributed by atoms with Gasteiger partial charge in [0.25, 0.3) is 0 Å². The van der Waals surface area contributed by atoms with Gasteiger partial charge in [0.15, 0.2) is 0 Å². The van der Waals surface area contributed by atoms with E-state index in [0.717, 1.165) is 6.54 Å². The summed E-state index contributed by atoms with van der Waals surface area (Å²) in [4.78, 5) is 0. The van der Waals surface area contributed by atoms with Crippen LogP contribution in [0.1, 0.15) is 35.2 Å². The monoisotopic (exact) mass is 239 g/mol. The Morgan fingerprint density at radius 2 is 1.61 bits per heavy atom. The molecule has 2 rings (SSSR count). The molecule has 1 N–H and O–H groups in total. The lowest BCUT2D eigenvalue weighted by molar-refractivity contribution is 0.572. The van der Waals surface area contributed by atoms with Crippen LogP contribution in [0.2, 0.25) is 0 Å². The smallest absolute Gasteiger partial charge is 0.0297 e. The number of hydrogen-bond donors (Lipinski definition) is 1. The van der Waals surface area contributed by atoms with Crippen LogP contribution >= 0.6 is 0 Å². The van der Waals surface area contributed by atoms with E-state index in [1.54, 1.807) is 0 Å². The molecule has 18 heavy (non-hydrogen) atoms. The summed E-state index contributed by atoms with van der Waals surface area (Å²) in [5.74, 6) is 0. The molecule has 1 unspecified atom stereocenters. The average molecular weight is 239 g/mol. The molecule has 94 valence electrons. The first-order chi connectivity index (χ1) is 8.66. The van der Waals surface area contributed by atoms with Gasteiger partial charge in [0, 0.05) is 12.6 Å². The molecule has 1 atom stereocenters. The molecular formula is C17H21N. The summed E-state index contributed by atoms with van der Waals surface area (Å²) in [6, 6.07) is 17.6. The van der Waals surface area contributed by atoms with E-state index in [-0.39, 0.29) is 0 Å². The third-order valence-electron chi connectivity index (χ3n) is 3.39. The summed E-state index contributed by atoms with van der Waals surface area (Å²) in [6.07, 6.45) is 0. The quantitative estimate of drug-likeness (QED) is 0.845. The lowest BCUT2D eigenvalue weighted by atomic mass is 10.0. The Morgan fingerprint density at radius 3 is 2.28 bits per heavy atom. The average Bonchev–Trinajstić information content (AvgIpc) is 2.38. The predicted octanol–water partition coefficient (Wildman–Crippen LogP) is 4.15. The fourth-order valence-corrected chi connectivity index (χ4v) is 2.16. The second-order valence-electron chi connectivity index (χ2n) is 4.94. The minimum Gasteiger partial charge on any atom is -0.306 e. The van der Waals surface area contributed by atoms with Gasteiger partial charge in [0.05, 0.1) is 0 Å². The molecule has 0 spiro atoms. The summed E-state index contributed by atoms with van der Waals surface area (Å²) in [5.41, 5.74) is 5.37. The van der Waals surface area contributed by atoms with Crippen molar-refractivity contribution in [2.75, 3.05) is 0 Å². The maximum atomic E-state index is 3.58. The Labute approximate surface area is 110 Å². The Bertz CT molecular complexity index is 499. The van der Waals surface area contributed by atoms with Crippen LogP contribution in [-0.4, -0.2) is 0 Å². The van der Waals surface area contributed by atoms with Gasteiger partial charge in [-0.2, -0.15) is 0 Å². The van der Waals surface area contributed by atoms with E-state index in [2.05, 4.69) is 74.6 Å². The molecule has 0 aliphatic heterocycles. The van der Waals surface area contributed by atoms with Crippen LogP contribution in [-0.2, 0) is 6.54 Å². The minimum absolute atomic E-state index is 0.382. The number of hydrogen-bond acceptors (Lipinski definition) is 1. The van der Waals surface area contributed by atoms with Crippen LogP contribution in [0.4, 0.5) is 0 Å². The van der Waals surface area contributed by atoms with E-state index in [1.807, 2.05) is 0 Å². The molecule has 0 amide bonds. The second-order valence-corrected chi connectivity index (χ2v) is 4.94. The predicted molar refractivity (Wildman–Crippen MR) is 77.6 cm³/mol. The highest BCUT2D eigenvalue weighted by Gasteiger charge is 2.06. The van der Waals surface area contributed by atoms with Gasteiger partial charge in [-0.1, -0.05) is 54.1 Å². The van der Waals surface area contributed by atoms with Crippen molar-refractivity contribution in [1.82, 2.24) is 5.32 Å². The molecule has 2 aromatic carbocycles. The number of rotatable bonds is 4. The van der Waals surface area contributed by atoms with Gasteiger partial charge in [-0.25, -0.2) is 0 Å². The topological polar surface area (TPSA) is 12.0 Å². The molecule has 1 heteroatoms. The van der Waals surface area contributed by atoms with E-state index < -0.39 is 0 Å². The molecule has 0 aliphatic carbocycles. The molecule has 1 nitrogen and oxygen atoms in total. The van der Waals surface area contributed by atoms with Gasteiger partial charge >= 0.3 is 0 Å². The maximum Gasteiger partial charge on any atom is 0.0297 e. The first-order valence-electron chi connectivity index (χ1n) is 6.51. The first kappa shape index (κ1) is 12.8. The van der Waals surface area contributed by atoms with Crippen LogP contribution in [0.3, 0.4) is 0 Å². The Kier molecular flexibility index (Phi) is 4.16. The largest absolute Gasteiger partial charge is 0.306 e. The van der Waals surface area contributed by atoms with Gasteiger partial charge < -0.3 is 5.32 Å². The molecule has 0 bridgehead atoms. The van der Waals surface area contributed by atoms with Gasteiger partial charge in [-0.15, -0.1) is 0 Å². The summed E-state index contributed by atoms with van der Waals surface area (Å²) in [6.45, 7) is 7.42. The molecule has 2 aromatic rings. The van der Waals surface area contributed by atoms with E-state index in [0.29, 0.717) is 6.04 Å². The normalized spacial score (nSPS) is 12.4. The molecule has 0 fully saturated rings. The standard InChI is InChI=1S/C17H21N/c1-13-8-10-16(11-9-13)12-18-15(3)17-7-5-4-6-14(17)2/h4-11,15,18H,12H2,1-3H3. The highest BCUT2D eigenvalue weighted by atomic mass is 14.9. The fourth-order valence-electron chi connectivity index (χ4n) is 2.16. The minimum atomic E-state index is 0.382. The number of nitrogens with one attached hydrogen (secondary N) is 1. The SMILES string of the molecule is Cc1ccc(CNC(C)c2ccccc2C)cc1. The highest BCUT2D eigenvalue weighted by Crippen LogP contribution is 2.17. The van der Waals surface area contributed by atoms with E-state index >= 15 is 0 Å². The Hall–Kier alpha value is -1.60. The van der Waals surface area contributed by atoms with E-state index in [4.69, 9.17) is 0 Å². The fraction of sp³-hybridized carbons (Fsp3) is 0.294. The summed E-state index contributed by atoms with van der Waals surface area (Å²) >= 11 is 0. The molecule has 0 heterocycles. The zero-order chi connectivity index (χ0) is 13.0.